The Morgan fingerprint density at radius 2 is 1.48 bits per heavy atom. The van der Waals surface area contributed by atoms with Crippen LogP contribution in [-0.2, 0) is 0 Å². The summed E-state index contributed by atoms with van der Waals surface area (Å²) in [5.41, 5.74) is 1.67. The number of carbonyl (C=O) groups excluding carboxylic acids is 1. The lowest BCUT2D eigenvalue weighted by molar-refractivity contribution is -0.384. The first-order chi connectivity index (χ1) is 14.1. The SMILES string of the molecule is O=C(Nc1nn(-c2ccccc2[N+](=O)[O-])nc1-c1ccccc1)c1ccccc1. The second-order valence-corrected chi connectivity index (χ2v) is 6.12. The Balaban J connectivity index is 1.80. The molecular weight excluding hydrogens is 370 g/mol. The number of nitrogens with one attached hydrogen (secondary N) is 1. The largest absolute Gasteiger partial charge is 0.303 e. The third kappa shape index (κ3) is 3.72. The van der Waals surface area contributed by atoms with Crippen LogP contribution >= 0.6 is 0 Å². The van der Waals surface area contributed by atoms with Gasteiger partial charge in [0.2, 0.25) is 0 Å². The number of carbonyl (C=O) groups is 1. The van der Waals surface area contributed by atoms with Crippen molar-refractivity contribution in [3.05, 3.63) is 101 Å². The molecule has 0 spiro atoms. The summed E-state index contributed by atoms with van der Waals surface area (Å²) in [6.07, 6.45) is 0. The summed E-state index contributed by atoms with van der Waals surface area (Å²) in [6.45, 7) is 0. The van der Waals surface area contributed by atoms with Crippen molar-refractivity contribution in [1.82, 2.24) is 15.0 Å². The monoisotopic (exact) mass is 385 g/mol. The molecule has 0 aliphatic rings. The molecule has 29 heavy (non-hydrogen) atoms. The predicted molar refractivity (Wildman–Crippen MR) is 108 cm³/mol. The van der Waals surface area contributed by atoms with Gasteiger partial charge in [-0.3, -0.25) is 14.9 Å². The van der Waals surface area contributed by atoms with E-state index < -0.39 is 4.92 Å². The molecule has 0 bridgehead atoms. The molecule has 1 aromatic heterocycles. The van der Waals surface area contributed by atoms with Crippen LogP contribution in [0.25, 0.3) is 16.9 Å². The van der Waals surface area contributed by atoms with Gasteiger partial charge >= 0.3 is 0 Å². The van der Waals surface area contributed by atoms with E-state index in [0.29, 0.717) is 11.3 Å². The molecule has 142 valence electrons. The van der Waals surface area contributed by atoms with Crippen LogP contribution in [0.2, 0.25) is 0 Å². The maximum atomic E-state index is 12.6. The van der Waals surface area contributed by atoms with Gasteiger partial charge < -0.3 is 5.32 Å². The number of para-hydroxylation sites is 2. The first kappa shape index (κ1) is 18.1. The van der Waals surface area contributed by atoms with Crippen molar-refractivity contribution in [2.75, 3.05) is 5.32 Å². The first-order valence-corrected chi connectivity index (χ1v) is 8.76. The molecule has 4 rings (SSSR count). The van der Waals surface area contributed by atoms with E-state index in [4.69, 9.17) is 0 Å². The zero-order valence-electron chi connectivity index (χ0n) is 15.1. The van der Waals surface area contributed by atoms with Crippen LogP contribution in [0.4, 0.5) is 11.5 Å². The van der Waals surface area contributed by atoms with Crippen molar-refractivity contribution >= 4 is 17.4 Å². The van der Waals surface area contributed by atoms with Crippen molar-refractivity contribution in [3.8, 4) is 16.9 Å². The second kappa shape index (κ2) is 7.73. The molecule has 8 heteroatoms. The molecule has 1 heterocycles. The number of hydrogen-bond donors (Lipinski definition) is 1. The molecule has 0 saturated heterocycles. The molecule has 1 amide bonds. The fourth-order valence-corrected chi connectivity index (χ4v) is 2.85. The quantitative estimate of drug-likeness (QED) is 0.412. The standard InChI is InChI=1S/C21H15N5O3/c27-21(16-11-5-2-6-12-16)22-20-19(15-9-3-1-4-10-15)23-25(24-20)17-13-7-8-14-18(17)26(28)29/h1-14H,(H,22,24,27). The van der Waals surface area contributed by atoms with E-state index in [1.165, 1.54) is 10.9 Å². The molecule has 0 unspecified atom stereocenters. The lowest BCUT2D eigenvalue weighted by Crippen LogP contribution is -2.13. The maximum Gasteiger partial charge on any atom is 0.296 e. The van der Waals surface area contributed by atoms with Gasteiger partial charge in [-0.05, 0) is 18.2 Å². The normalized spacial score (nSPS) is 10.5. The van der Waals surface area contributed by atoms with Crippen LogP contribution in [0.1, 0.15) is 10.4 Å². The van der Waals surface area contributed by atoms with Gasteiger partial charge in [-0.25, -0.2) is 0 Å². The summed E-state index contributed by atoms with van der Waals surface area (Å²) >= 11 is 0. The number of nitro benzene ring substituents is 1. The molecule has 0 atom stereocenters. The predicted octanol–water partition coefficient (Wildman–Crippen LogP) is 4.09. The van der Waals surface area contributed by atoms with Crippen molar-refractivity contribution in [3.63, 3.8) is 0 Å². The summed E-state index contributed by atoms with van der Waals surface area (Å²) in [4.78, 5) is 24.7. The van der Waals surface area contributed by atoms with Crippen LogP contribution in [0.3, 0.4) is 0 Å². The minimum absolute atomic E-state index is 0.136. The molecule has 0 saturated carbocycles. The van der Waals surface area contributed by atoms with E-state index in [0.717, 1.165) is 5.56 Å². The highest BCUT2D eigenvalue weighted by atomic mass is 16.6. The summed E-state index contributed by atoms with van der Waals surface area (Å²) in [5.74, 6) is -0.138. The van der Waals surface area contributed by atoms with Crippen LogP contribution in [-0.4, -0.2) is 25.8 Å². The maximum absolute atomic E-state index is 12.6. The third-order valence-corrected chi connectivity index (χ3v) is 4.22. The Kier molecular flexibility index (Phi) is 4.81. The average Bonchev–Trinajstić information content (AvgIpc) is 3.18. The van der Waals surface area contributed by atoms with Gasteiger partial charge in [0.1, 0.15) is 5.69 Å². The summed E-state index contributed by atoms with van der Waals surface area (Å²) < 4.78 is 0. The van der Waals surface area contributed by atoms with Gasteiger partial charge in [0, 0.05) is 17.2 Å². The van der Waals surface area contributed by atoms with Crippen molar-refractivity contribution < 1.29 is 9.72 Å². The van der Waals surface area contributed by atoms with E-state index in [1.807, 2.05) is 36.4 Å². The van der Waals surface area contributed by atoms with Gasteiger partial charge in [-0.15, -0.1) is 15.0 Å². The second-order valence-electron chi connectivity index (χ2n) is 6.12. The van der Waals surface area contributed by atoms with Gasteiger partial charge in [-0.1, -0.05) is 60.7 Å². The minimum atomic E-state index is -0.497. The Hall–Kier alpha value is -4.33. The Morgan fingerprint density at radius 3 is 2.17 bits per heavy atom. The third-order valence-electron chi connectivity index (χ3n) is 4.22. The molecule has 1 N–H and O–H groups in total. The van der Waals surface area contributed by atoms with E-state index in [1.54, 1.807) is 42.5 Å². The molecule has 0 aliphatic carbocycles. The number of rotatable bonds is 5. The number of nitro groups is 1. The van der Waals surface area contributed by atoms with Crippen LogP contribution < -0.4 is 5.32 Å². The number of hydrogen-bond acceptors (Lipinski definition) is 5. The Labute approximate surface area is 165 Å². The van der Waals surface area contributed by atoms with E-state index in [9.17, 15) is 14.9 Å². The fraction of sp³-hybridized carbons (Fsp3) is 0. The molecule has 0 aliphatic heterocycles. The number of nitrogens with zero attached hydrogens (tertiary/aromatic N) is 4. The van der Waals surface area contributed by atoms with Crippen molar-refractivity contribution in [2.24, 2.45) is 0 Å². The van der Waals surface area contributed by atoms with Gasteiger partial charge in [0.25, 0.3) is 11.6 Å². The molecular formula is C21H15N5O3. The average molecular weight is 385 g/mol. The molecule has 0 radical (unpaired) electrons. The zero-order chi connectivity index (χ0) is 20.2. The van der Waals surface area contributed by atoms with Crippen LogP contribution in [0, 0.1) is 10.1 Å². The molecule has 0 fully saturated rings. The first-order valence-electron chi connectivity index (χ1n) is 8.76. The van der Waals surface area contributed by atoms with E-state index in [2.05, 4.69) is 15.5 Å². The Bertz CT molecular complexity index is 1170. The van der Waals surface area contributed by atoms with Gasteiger partial charge in [0.05, 0.1) is 4.92 Å². The molecule has 4 aromatic rings. The lowest BCUT2D eigenvalue weighted by Gasteiger charge is -2.04. The van der Waals surface area contributed by atoms with Crippen molar-refractivity contribution in [2.45, 2.75) is 0 Å². The highest BCUT2D eigenvalue weighted by Gasteiger charge is 2.21. The highest BCUT2D eigenvalue weighted by Crippen LogP contribution is 2.28. The number of aromatic nitrogens is 3. The van der Waals surface area contributed by atoms with Crippen molar-refractivity contribution in [1.29, 1.82) is 0 Å². The molecule has 3 aromatic carbocycles. The summed E-state index contributed by atoms with van der Waals surface area (Å²) in [5, 5.41) is 22.9. The van der Waals surface area contributed by atoms with Crippen LogP contribution in [0.15, 0.2) is 84.9 Å². The zero-order valence-corrected chi connectivity index (χ0v) is 15.1. The molecule has 8 nitrogen and oxygen atoms in total. The smallest absolute Gasteiger partial charge is 0.296 e. The van der Waals surface area contributed by atoms with E-state index in [-0.39, 0.29) is 23.1 Å². The topological polar surface area (TPSA) is 103 Å². The summed E-state index contributed by atoms with van der Waals surface area (Å²) in [7, 11) is 0. The fourth-order valence-electron chi connectivity index (χ4n) is 2.85. The van der Waals surface area contributed by atoms with Gasteiger partial charge in [0.15, 0.2) is 11.5 Å². The summed E-state index contributed by atoms with van der Waals surface area (Å²) in [6, 6.07) is 24.1. The van der Waals surface area contributed by atoms with E-state index >= 15 is 0 Å². The number of amides is 1. The highest BCUT2D eigenvalue weighted by molar-refractivity contribution is 6.05. The number of anilines is 1. The Morgan fingerprint density at radius 1 is 0.862 bits per heavy atom. The minimum Gasteiger partial charge on any atom is -0.303 e. The van der Waals surface area contributed by atoms with Gasteiger partial charge in [-0.2, -0.15) is 0 Å². The number of benzene rings is 3. The lowest BCUT2D eigenvalue weighted by atomic mass is 10.1. The van der Waals surface area contributed by atoms with Crippen LogP contribution in [0.5, 0.6) is 0 Å².